The summed E-state index contributed by atoms with van der Waals surface area (Å²) in [5.41, 5.74) is 0.884. The van der Waals surface area contributed by atoms with Crippen LogP contribution in [0.4, 0.5) is 0 Å². The Balaban J connectivity index is 2.49. The fourth-order valence-electron chi connectivity index (χ4n) is 1.60. The summed E-state index contributed by atoms with van der Waals surface area (Å²) in [7, 11) is 0. The minimum Gasteiger partial charge on any atom is -0.358 e. The van der Waals surface area contributed by atoms with Crippen molar-refractivity contribution >= 4 is 10.9 Å². The molecule has 0 N–H and O–H groups in total. The molecule has 0 aliphatic heterocycles. The smallest absolute Gasteiger partial charge is 0.252 e. The van der Waals surface area contributed by atoms with Gasteiger partial charge in [-0.3, -0.25) is 9.36 Å². The molecule has 1 heterocycles. The van der Waals surface area contributed by atoms with Gasteiger partial charge in [-0.2, -0.15) is 0 Å². The second kappa shape index (κ2) is 4.49. The summed E-state index contributed by atoms with van der Waals surface area (Å²) in [4.78, 5) is 11.7. The lowest BCUT2D eigenvalue weighted by Gasteiger charge is -2.12. The molecule has 2 rings (SSSR count). The molecule has 0 amide bonds. The molecule has 0 saturated heterocycles. The Morgan fingerprint density at radius 2 is 1.94 bits per heavy atom. The van der Waals surface area contributed by atoms with E-state index in [1.807, 2.05) is 44.2 Å². The molecule has 16 heavy (non-hydrogen) atoms. The highest BCUT2D eigenvalue weighted by Gasteiger charge is 2.02. The average molecular weight is 217 g/mol. The maximum atomic E-state index is 11.7. The van der Waals surface area contributed by atoms with Crippen molar-refractivity contribution in [2.45, 2.75) is 26.7 Å². The summed E-state index contributed by atoms with van der Waals surface area (Å²) in [6.45, 7) is 4.21. The van der Waals surface area contributed by atoms with Crippen molar-refractivity contribution in [2.75, 3.05) is 0 Å². The molecule has 3 nitrogen and oxygen atoms in total. The van der Waals surface area contributed by atoms with Crippen LogP contribution in [0.25, 0.3) is 10.9 Å². The SMILES string of the molecule is CC(C)OCn1c(=O)ccc2ccccc21. The normalized spacial score (nSPS) is 11.2. The van der Waals surface area contributed by atoms with Crippen LogP contribution in [0.5, 0.6) is 0 Å². The van der Waals surface area contributed by atoms with E-state index >= 15 is 0 Å². The summed E-state index contributed by atoms with van der Waals surface area (Å²) < 4.78 is 7.13. The van der Waals surface area contributed by atoms with E-state index in [0.29, 0.717) is 6.73 Å². The number of nitrogens with zero attached hydrogens (tertiary/aromatic N) is 1. The van der Waals surface area contributed by atoms with Crippen LogP contribution in [-0.2, 0) is 11.5 Å². The zero-order valence-electron chi connectivity index (χ0n) is 9.51. The molecule has 0 aliphatic rings. The van der Waals surface area contributed by atoms with E-state index in [9.17, 15) is 4.79 Å². The van der Waals surface area contributed by atoms with Gasteiger partial charge in [0.1, 0.15) is 6.73 Å². The maximum absolute atomic E-state index is 11.7. The molecular weight excluding hydrogens is 202 g/mol. The topological polar surface area (TPSA) is 31.2 Å². The molecule has 0 fully saturated rings. The standard InChI is InChI=1S/C13H15NO2/c1-10(2)16-9-14-12-6-4-3-5-11(12)7-8-13(14)15/h3-8,10H,9H2,1-2H3. The Morgan fingerprint density at radius 1 is 1.19 bits per heavy atom. The molecule has 1 aromatic carbocycles. The Bertz CT molecular complexity index is 543. The quantitative estimate of drug-likeness (QED) is 0.790. The van der Waals surface area contributed by atoms with Gasteiger partial charge in [-0.1, -0.05) is 18.2 Å². The number of rotatable bonds is 3. The Kier molecular flexibility index (Phi) is 3.06. The van der Waals surface area contributed by atoms with Crippen LogP contribution in [0.2, 0.25) is 0 Å². The molecule has 0 bridgehead atoms. The third-order valence-electron chi connectivity index (χ3n) is 2.44. The maximum Gasteiger partial charge on any atom is 0.252 e. The van der Waals surface area contributed by atoms with Crippen molar-refractivity contribution in [3.05, 3.63) is 46.8 Å². The molecule has 0 atom stereocenters. The van der Waals surface area contributed by atoms with E-state index in [-0.39, 0.29) is 11.7 Å². The third-order valence-corrected chi connectivity index (χ3v) is 2.44. The van der Waals surface area contributed by atoms with Crippen LogP contribution in [0.1, 0.15) is 13.8 Å². The second-order valence-electron chi connectivity index (χ2n) is 4.00. The van der Waals surface area contributed by atoms with Gasteiger partial charge in [0, 0.05) is 6.07 Å². The highest BCUT2D eigenvalue weighted by atomic mass is 16.5. The zero-order chi connectivity index (χ0) is 11.5. The first-order valence-electron chi connectivity index (χ1n) is 5.38. The second-order valence-corrected chi connectivity index (χ2v) is 4.00. The van der Waals surface area contributed by atoms with Crippen LogP contribution < -0.4 is 5.56 Å². The summed E-state index contributed by atoms with van der Waals surface area (Å²) in [6, 6.07) is 11.2. The number of benzene rings is 1. The third kappa shape index (κ3) is 2.14. The molecule has 3 heteroatoms. The first-order valence-corrected chi connectivity index (χ1v) is 5.38. The average Bonchev–Trinajstić information content (AvgIpc) is 2.27. The van der Waals surface area contributed by atoms with Gasteiger partial charge in [0.05, 0.1) is 11.6 Å². The van der Waals surface area contributed by atoms with Gasteiger partial charge >= 0.3 is 0 Å². The molecule has 0 saturated carbocycles. The molecule has 0 spiro atoms. The number of fused-ring (bicyclic) bond motifs is 1. The minimum atomic E-state index is -0.0284. The van der Waals surface area contributed by atoms with E-state index in [1.165, 1.54) is 0 Å². The zero-order valence-corrected chi connectivity index (χ0v) is 9.51. The largest absolute Gasteiger partial charge is 0.358 e. The molecule has 2 aromatic rings. The van der Waals surface area contributed by atoms with Gasteiger partial charge < -0.3 is 4.74 Å². The van der Waals surface area contributed by atoms with E-state index in [4.69, 9.17) is 4.74 Å². The Hall–Kier alpha value is -1.61. The molecular formula is C13H15NO2. The van der Waals surface area contributed by atoms with Crippen molar-refractivity contribution in [2.24, 2.45) is 0 Å². The fraction of sp³-hybridized carbons (Fsp3) is 0.308. The summed E-state index contributed by atoms with van der Waals surface area (Å²) in [5, 5.41) is 1.05. The van der Waals surface area contributed by atoms with Crippen LogP contribution in [0, 0.1) is 0 Å². The van der Waals surface area contributed by atoms with E-state index in [2.05, 4.69) is 0 Å². The molecule has 84 valence electrons. The van der Waals surface area contributed by atoms with Crippen molar-refractivity contribution in [1.29, 1.82) is 0 Å². The molecule has 1 aromatic heterocycles. The lowest BCUT2D eigenvalue weighted by molar-refractivity contribution is 0.0292. The first-order chi connectivity index (χ1) is 7.68. The highest BCUT2D eigenvalue weighted by Crippen LogP contribution is 2.11. The van der Waals surface area contributed by atoms with Crippen molar-refractivity contribution in [3.63, 3.8) is 0 Å². The van der Waals surface area contributed by atoms with E-state index < -0.39 is 0 Å². The minimum absolute atomic E-state index is 0.0284. The predicted molar refractivity (Wildman–Crippen MR) is 64.4 cm³/mol. The van der Waals surface area contributed by atoms with Gasteiger partial charge in [0.15, 0.2) is 0 Å². The van der Waals surface area contributed by atoms with Crippen molar-refractivity contribution in [1.82, 2.24) is 4.57 Å². The predicted octanol–water partition coefficient (Wildman–Crippen LogP) is 2.38. The number of para-hydroxylation sites is 1. The highest BCUT2D eigenvalue weighted by molar-refractivity contribution is 5.78. The van der Waals surface area contributed by atoms with Gasteiger partial charge in [-0.15, -0.1) is 0 Å². The van der Waals surface area contributed by atoms with Crippen LogP contribution >= 0.6 is 0 Å². The monoisotopic (exact) mass is 217 g/mol. The molecule has 0 radical (unpaired) electrons. The van der Waals surface area contributed by atoms with Crippen molar-refractivity contribution < 1.29 is 4.74 Å². The summed E-state index contributed by atoms with van der Waals surface area (Å²) in [5.74, 6) is 0. The fourth-order valence-corrected chi connectivity index (χ4v) is 1.60. The van der Waals surface area contributed by atoms with Crippen LogP contribution in [-0.4, -0.2) is 10.7 Å². The summed E-state index contributed by atoms with van der Waals surface area (Å²) >= 11 is 0. The number of ether oxygens (including phenoxy) is 1. The number of pyridine rings is 1. The number of aromatic nitrogens is 1. The lowest BCUT2D eigenvalue weighted by Crippen LogP contribution is -2.22. The van der Waals surface area contributed by atoms with E-state index in [0.717, 1.165) is 10.9 Å². The number of hydrogen-bond donors (Lipinski definition) is 0. The van der Waals surface area contributed by atoms with Crippen LogP contribution in [0.3, 0.4) is 0 Å². The lowest BCUT2D eigenvalue weighted by atomic mass is 10.2. The van der Waals surface area contributed by atoms with Crippen LogP contribution in [0.15, 0.2) is 41.2 Å². The van der Waals surface area contributed by atoms with Gasteiger partial charge in [0.25, 0.3) is 5.56 Å². The molecule has 0 unspecified atom stereocenters. The van der Waals surface area contributed by atoms with Crippen molar-refractivity contribution in [3.8, 4) is 0 Å². The van der Waals surface area contributed by atoms with Gasteiger partial charge in [-0.05, 0) is 31.4 Å². The van der Waals surface area contributed by atoms with Gasteiger partial charge in [0.2, 0.25) is 0 Å². The van der Waals surface area contributed by atoms with E-state index in [1.54, 1.807) is 10.6 Å². The Morgan fingerprint density at radius 3 is 2.69 bits per heavy atom. The first kappa shape index (κ1) is 10.9. The number of hydrogen-bond acceptors (Lipinski definition) is 2. The summed E-state index contributed by atoms with van der Waals surface area (Å²) in [6.07, 6.45) is 0.117. The molecule has 0 aliphatic carbocycles. The van der Waals surface area contributed by atoms with Gasteiger partial charge in [-0.25, -0.2) is 0 Å². The Labute approximate surface area is 94.3 Å².